The van der Waals surface area contributed by atoms with E-state index in [0.29, 0.717) is 6.20 Å². The summed E-state index contributed by atoms with van der Waals surface area (Å²) in [5.41, 5.74) is 4.08. The summed E-state index contributed by atoms with van der Waals surface area (Å²) in [6.45, 7) is 1.31. The zero-order valence-corrected chi connectivity index (χ0v) is 16.0. The molecule has 14 heteroatoms. The topological polar surface area (TPSA) is 147 Å². The summed E-state index contributed by atoms with van der Waals surface area (Å²) in [6, 6.07) is 1.68. The molecular weight excluding hydrogens is 423 g/mol. The molecule has 3 rings (SSSR count). The van der Waals surface area contributed by atoms with Gasteiger partial charge in [0.05, 0.1) is 18.0 Å². The number of carbonyl (C=O) groups is 2. The van der Waals surface area contributed by atoms with E-state index < -0.39 is 35.9 Å². The summed E-state index contributed by atoms with van der Waals surface area (Å²) >= 11 is 0. The second-order valence-electron chi connectivity index (χ2n) is 6.04. The highest BCUT2D eigenvalue weighted by atomic mass is 19.1. The standard InChI is InChI=1S/C17H14F3N7O4/c1-7(10-3-8(18)5-23-14(10)20)30-17(29)24-15-13(25-26-27(15)2)12-11(19)4-9(6-22-12)31-16(21)28/h3-7H,1-2H3,(H2,21,28)(H,24,29)/t7-/m1/s1. The predicted molar refractivity (Wildman–Crippen MR) is 97.1 cm³/mol. The molecule has 3 aromatic rings. The van der Waals surface area contributed by atoms with Crippen molar-refractivity contribution in [3.8, 4) is 17.1 Å². The van der Waals surface area contributed by atoms with Gasteiger partial charge in [-0.15, -0.1) is 5.10 Å². The summed E-state index contributed by atoms with van der Waals surface area (Å²) in [5, 5.41) is 9.72. The van der Waals surface area contributed by atoms with Crippen LogP contribution in [-0.4, -0.2) is 37.1 Å². The van der Waals surface area contributed by atoms with Gasteiger partial charge >= 0.3 is 12.2 Å². The van der Waals surface area contributed by atoms with Crippen molar-refractivity contribution in [1.29, 1.82) is 0 Å². The fraction of sp³-hybridized carbons (Fsp3) is 0.176. The van der Waals surface area contributed by atoms with Crippen molar-refractivity contribution in [2.75, 3.05) is 5.32 Å². The van der Waals surface area contributed by atoms with Crippen LogP contribution in [-0.2, 0) is 11.8 Å². The van der Waals surface area contributed by atoms with E-state index in [0.717, 1.165) is 23.0 Å². The number of aromatic nitrogens is 5. The Labute approximate surface area is 172 Å². The molecule has 0 radical (unpaired) electrons. The van der Waals surface area contributed by atoms with Crippen LogP contribution in [0.4, 0.5) is 28.6 Å². The van der Waals surface area contributed by atoms with Crippen LogP contribution in [0.1, 0.15) is 18.6 Å². The van der Waals surface area contributed by atoms with Gasteiger partial charge in [-0.1, -0.05) is 5.21 Å². The Kier molecular flexibility index (Phi) is 5.99. The SMILES string of the molecule is C[C@@H](OC(=O)Nc1c(-c2ncc(OC(N)=O)cc2F)nnn1C)c1cc(F)cnc1F. The summed E-state index contributed by atoms with van der Waals surface area (Å²) in [4.78, 5) is 30.0. The molecule has 1 atom stereocenters. The minimum atomic E-state index is -1.20. The number of amides is 2. The molecule has 0 bridgehead atoms. The molecule has 0 aliphatic carbocycles. The molecule has 162 valence electrons. The number of nitrogens with one attached hydrogen (secondary N) is 1. The lowest BCUT2D eigenvalue weighted by atomic mass is 10.2. The molecule has 0 aliphatic heterocycles. The van der Waals surface area contributed by atoms with Crippen molar-refractivity contribution >= 4 is 18.0 Å². The van der Waals surface area contributed by atoms with E-state index in [-0.39, 0.29) is 28.5 Å². The van der Waals surface area contributed by atoms with Crippen molar-refractivity contribution in [2.45, 2.75) is 13.0 Å². The Balaban J connectivity index is 1.80. The fourth-order valence-electron chi connectivity index (χ4n) is 2.50. The number of hydrogen-bond donors (Lipinski definition) is 2. The number of carbonyl (C=O) groups excluding carboxylic acids is 2. The lowest BCUT2D eigenvalue weighted by molar-refractivity contribution is 0.118. The monoisotopic (exact) mass is 437 g/mol. The molecule has 31 heavy (non-hydrogen) atoms. The molecule has 0 fully saturated rings. The average Bonchev–Trinajstić information content (AvgIpc) is 3.03. The van der Waals surface area contributed by atoms with Gasteiger partial charge in [-0.2, -0.15) is 4.39 Å². The molecule has 0 saturated heterocycles. The van der Waals surface area contributed by atoms with Gasteiger partial charge in [0.25, 0.3) is 0 Å². The van der Waals surface area contributed by atoms with E-state index in [1.807, 2.05) is 0 Å². The predicted octanol–water partition coefficient (Wildman–Crippen LogP) is 2.46. The van der Waals surface area contributed by atoms with Gasteiger partial charge < -0.3 is 15.2 Å². The quantitative estimate of drug-likeness (QED) is 0.579. The number of anilines is 1. The molecule has 2 amide bonds. The first-order chi connectivity index (χ1) is 14.7. The number of halogens is 3. The van der Waals surface area contributed by atoms with Gasteiger partial charge in [0.15, 0.2) is 23.1 Å². The lowest BCUT2D eigenvalue weighted by Gasteiger charge is -2.15. The van der Waals surface area contributed by atoms with Gasteiger partial charge in [-0.25, -0.2) is 33.0 Å². The van der Waals surface area contributed by atoms with Gasteiger partial charge in [0.1, 0.15) is 17.6 Å². The van der Waals surface area contributed by atoms with Crippen LogP contribution < -0.4 is 15.8 Å². The van der Waals surface area contributed by atoms with Crippen LogP contribution in [0.3, 0.4) is 0 Å². The van der Waals surface area contributed by atoms with Crippen LogP contribution in [0.5, 0.6) is 5.75 Å². The third kappa shape index (κ3) is 4.85. The van der Waals surface area contributed by atoms with Crippen molar-refractivity contribution in [1.82, 2.24) is 25.0 Å². The summed E-state index contributed by atoms with van der Waals surface area (Å²) in [5.74, 6) is -3.11. The Morgan fingerprint density at radius 2 is 1.90 bits per heavy atom. The molecule has 3 heterocycles. The van der Waals surface area contributed by atoms with Crippen molar-refractivity contribution in [2.24, 2.45) is 12.8 Å². The Morgan fingerprint density at radius 1 is 1.16 bits per heavy atom. The first-order valence-corrected chi connectivity index (χ1v) is 8.47. The van der Waals surface area contributed by atoms with E-state index in [9.17, 15) is 22.8 Å². The minimum Gasteiger partial charge on any atom is -0.441 e. The third-order valence-electron chi connectivity index (χ3n) is 3.86. The molecule has 0 unspecified atom stereocenters. The normalized spacial score (nSPS) is 11.6. The highest BCUT2D eigenvalue weighted by molar-refractivity contribution is 5.88. The molecule has 0 aromatic carbocycles. The largest absolute Gasteiger partial charge is 0.441 e. The van der Waals surface area contributed by atoms with Gasteiger partial charge in [-0.05, 0) is 13.0 Å². The number of nitrogens with two attached hydrogens (primary N) is 1. The molecule has 3 aromatic heterocycles. The van der Waals surface area contributed by atoms with E-state index >= 15 is 0 Å². The van der Waals surface area contributed by atoms with E-state index in [2.05, 4.69) is 30.3 Å². The second-order valence-corrected chi connectivity index (χ2v) is 6.04. The number of hydrogen-bond acceptors (Lipinski definition) is 8. The summed E-state index contributed by atoms with van der Waals surface area (Å²) < 4.78 is 52.1. The Hall–Kier alpha value is -4.23. The van der Waals surface area contributed by atoms with Gasteiger partial charge in [0.2, 0.25) is 5.95 Å². The molecular formula is C17H14F3N7O4. The molecule has 11 nitrogen and oxygen atoms in total. The number of rotatable bonds is 5. The van der Waals surface area contributed by atoms with Crippen molar-refractivity contribution < 1.29 is 32.2 Å². The number of aryl methyl sites for hydroxylation is 1. The maximum atomic E-state index is 14.4. The van der Waals surface area contributed by atoms with Gasteiger partial charge in [-0.3, -0.25) is 5.32 Å². The van der Waals surface area contributed by atoms with Crippen molar-refractivity contribution in [3.63, 3.8) is 0 Å². The maximum absolute atomic E-state index is 14.4. The maximum Gasteiger partial charge on any atom is 0.413 e. The number of primary amides is 1. The van der Waals surface area contributed by atoms with Crippen LogP contribution in [0.15, 0.2) is 24.5 Å². The molecule has 0 aliphatic rings. The minimum absolute atomic E-state index is 0.106. The van der Waals surface area contributed by atoms with Crippen molar-refractivity contribution in [3.05, 3.63) is 47.7 Å². The third-order valence-corrected chi connectivity index (χ3v) is 3.86. The van der Waals surface area contributed by atoms with Crippen LogP contribution in [0.2, 0.25) is 0 Å². The van der Waals surface area contributed by atoms with Crippen LogP contribution >= 0.6 is 0 Å². The van der Waals surface area contributed by atoms with Crippen LogP contribution in [0, 0.1) is 17.6 Å². The highest BCUT2D eigenvalue weighted by Crippen LogP contribution is 2.28. The zero-order chi connectivity index (χ0) is 22.7. The molecule has 3 N–H and O–H groups in total. The average molecular weight is 437 g/mol. The number of ether oxygens (including phenoxy) is 2. The first kappa shape index (κ1) is 21.5. The second kappa shape index (κ2) is 8.64. The van der Waals surface area contributed by atoms with E-state index in [1.165, 1.54) is 14.0 Å². The number of nitrogens with zero attached hydrogens (tertiary/aromatic N) is 5. The smallest absolute Gasteiger partial charge is 0.413 e. The highest BCUT2D eigenvalue weighted by Gasteiger charge is 2.23. The van der Waals surface area contributed by atoms with E-state index in [1.54, 1.807) is 0 Å². The number of pyridine rings is 2. The molecule has 0 saturated carbocycles. The van der Waals surface area contributed by atoms with E-state index in [4.69, 9.17) is 10.5 Å². The first-order valence-electron chi connectivity index (χ1n) is 8.47. The lowest BCUT2D eigenvalue weighted by Crippen LogP contribution is -2.19. The zero-order valence-electron chi connectivity index (χ0n) is 16.0. The summed E-state index contributed by atoms with van der Waals surface area (Å²) in [6.07, 6.45) is -1.75. The van der Waals surface area contributed by atoms with Gasteiger partial charge in [0, 0.05) is 13.1 Å². The van der Waals surface area contributed by atoms with Crippen LogP contribution in [0.25, 0.3) is 11.4 Å². The fourth-order valence-corrected chi connectivity index (χ4v) is 2.50. The molecule has 0 spiro atoms. The Morgan fingerprint density at radius 3 is 2.58 bits per heavy atom. The summed E-state index contributed by atoms with van der Waals surface area (Å²) in [7, 11) is 1.40. The Bertz CT molecular complexity index is 1150.